The van der Waals surface area contributed by atoms with E-state index in [-0.39, 0.29) is 6.04 Å². The molecule has 0 aromatic rings. The van der Waals surface area contributed by atoms with Crippen molar-refractivity contribution < 1.29 is 4.39 Å². The minimum Gasteiger partial charge on any atom is -0.328 e. The summed E-state index contributed by atoms with van der Waals surface area (Å²) in [4.78, 5) is 0. The van der Waals surface area contributed by atoms with E-state index in [0.717, 1.165) is 25.7 Å². The van der Waals surface area contributed by atoms with Gasteiger partial charge in [-0.1, -0.05) is 0 Å². The molecule has 2 heteroatoms. The molecule has 0 spiro atoms. The molecule has 0 heterocycles. The average molecular weight is 145 g/mol. The number of rotatable bonds is 1. The third-order valence-corrected chi connectivity index (χ3v) is 2.44. The van der Waals surface area contributed by atoms with E-state index in [9.17, 15) is 4.39 Å². The Balaban J connectivity index is 2.26. The monoisotopic (exact) mass is 145 g/mol. The van der Waals surface area contributed by atoms with Crippen LogP contribution in [0.5, 0.6) is 0 Å². The van der Waals surface area contributed by atoms with Gasteiger partial charge in [0.1, 0.15) is 6.17 Å². The van der Waals surface area contributed by atoms with Gasteiger partial charge in [-0.3, -0.25) is 0 Å². The van der Waals surface area contributed by atoms with Crippen molar-refractivity contribution in [3.63, 3.8) is 0 Å². The number of halogens is 1. The van der Waals surface area contributed by atoms with Crippen LogP contribution in [0.1, 0.15) is 32.6 Å². The van der Waals surface area contributed by atoms with Gasteiger partial charge in [0, 0.05) is 6.04 Å². The van der Waals surface area contributed by atoms with Crippen LogP contribution in [0.15, 0.2) is 0 Å². The van der Waals surface area contributed by atoms with Gasteiger partial charge < -0.3 is 5.73 Å². The van der Waals surface area contributed by atoms with Crippen LogP contribution in [-0.2, 0) is 0 Å². The second kappa shape index (κ2) is 3.33. The number of nitrogens with two attached hydrogens (primary N) is 1. The molecule has 0 aromatic heterocycles. The van der Waals surface area contributed by atoms with Gasteiger partial charge in [-0.25, -0.2) is 4.39 Å². The molecular weight excluding hydrogens is 129 g/mol. The molecule has 60 valence electrons. The predicted octanol–water partition coefficient (Wildman–Crippen LogP) is 1.86. The van der Waals surface area contributed by atoms with E-state index in [4.69, 9.17) is 5.73 Å². The zero-order valence-electron chi connectivity index (χ0n) is 6.52. The largest absolute Gasteiger partial charge is 0.328 e. The lowest BCUT2D eigenvalue weighted by molar-refractivity contribution is 0.194. The Hall–Kier alpha value is -0.110. The van der Waals surface area contributed by atoms with Crippen LogP contribution < -0.4 is 5.73 Å². The smallest absolute Gasteiger partial charge is 0.100 e. The minimum atomic E-state index is -0.546. The fourth-order valence-corrected chi connectivity index (χ4v) is 1.60. The maximum atomic E-state index is 12.6. The first-order valence-corrected chi connectivity index (χ1v) is 4.10. The predicted molar refractivity (Wildman–Crippen MR) is 40.5 cm³/mol. The standard InChI is InChI=1S/C8H16FN/c1-6(10)7-2-4-8(9)5-3-7/h6-8H,2-5,10H2,1H3/t6-,7?,8?/m0/s1. The fraction of sp³-hybridized carbons (Fsp3) is 1.00. The number of alkyl halides is 1. The van der Waals surface area contributed by atoms with E-state index in [2.05, 4.69) is 0 Å². The Morgan fingerprint density at radius 2 is 1.80 bits per heavy atom. The van der Waals surface area contributed by atoms with Crippen molar-refractivity contribution >= 4 is 0 Å². The van der Waals surface area contributed by atoms with E-state index in [0.29, 0.717) is 5.92 Å². The summed E-state index contributed by atoms with van der Waals surface area (Å²) >= 11 is 0. The number of hydrogen-bond donors (Lipinski definition) is 1. The Kier molecular flexibility index (Phi) is 2.66. The van der Waals surface area contributed by atoms with Gasteiger partial charge in [-0.05, 0) is 38.5 Å². The lowest BCUT2D eigenvalue weighted by Gasteiger charge is -2.26. The van der Waals surface area contributed by atoms with E-state index in [1.165, 1.54) is 0 Å². The molecule has 0 saturated heterocycles. The van der Waals surface area contributed by atoms with Crippen LogP contribution in [0.2, 0.25) is 0 Å². The van der Waals surface area contributed by atoms with Crippen molar-refractivity contribution in [2.75, 3.05) is 0 Å². The zero-order valence-corrected chi connectivity index (χ0v) is 6.52. The van der Waals surface area contributed by atoms with Gasteiger partial charge in [-0.2, -0.15) is 0 Å². The molecule has 1 nitrogen and oxygen atoms in total. The van der Waals surface area contributed by atoms with E-state index < -0.39 is 6.17 Å². The van der Waals surface area contributed by atoms with Crippen LogP contribution >= 0.6 is 0 Å². The van der Waals surface area contributed by atoms with Crippen molar-refractivity contribution in [1.29, 1.82) is 0 Å². The maximum Gasteiger partial charge on any atom is 0.100 e. The van der Waals surface area contributed by atoms with Crippen molar-refractivity contribution in [2.24, 2.45) is 11.7 Å². The summed E-state index contributed by atoms with van der Waals surface area (Å²) in [6.45, 7) is 2.02. The molecule has 1 fully saturated rings. The molecule has 0 radical (unpaired) electrons. The van der Waals surface area contributed by atoms with Crippen LogP contribution in [0.25, 0.3) is 0 Å². The molecule has 2 N–H and O–H groups in total. The van der Waals surface area contributed by atoms with Crippen LogP contribution in [0.4, 0.5) is 4.39 Å². The first kappa shape index (κ1) is 7.99. The van der Waals surface area contributed by atoms with Crippen LogP contribution in [0, 0.1) is 5.92 Å². The van der Waals surface area contributed by atoms with E-state index in [1.54, 1.807) is 0 Å². The molecule has 1 aliphatic rings. The Labute approximate surface area is 61.8 Å². The Bertz CT molecular complexity index is 95.4. The fourth-order valence-electron chi connectivity index (χ4n) is 1.60. The zero-order chi connectivity index (χ0) is 7.56. The molecule has 0 bridgehead atoms. The first-order valence-electron chi connectivity index (χ1n) is 4.10. The lowest BCUT2D eigenvalue weighted by Crippen LogP contribution is -2.30. The highest BCUT2D eigenvalue weighted by Crippen LogP contribution is 2.27. The molecule has 10 heavy (non-hydrogen) atoms. The summed E-state index contributed by atoms with van der Waals surface area (Å²) < 4.78 is 12.6. The van der Waals surface area contributed by atoms with Gasteiger partial charge >= 0.3 is 0 Å². The summed E-state index contributed by atoms with van der Waals surface area (Å²) in [5.41, 5.74) is 5.69. The van der Waals surface area contributed by atoms with Crippen molar-refractivity contribution in [2.45, 2.75) is 44.8 Å². The third kappa shape index (κ3) is 1.94. The number of hydrogen-bond acceptors (Lipinski definition) is 1. The highest BCUT2D eigenvalue weighted by Gasteiger charge is 2.22. The molecule has 1 saturated carbocycles. The molecule has 0 amide bonds. The Morgan fingerprint density at radius 3 is 2.20 bits per heavy atom. The minimum absolute atomic E-state index is 0.257. The summed E-state index contributed by atoms with van der Waals surface area (Å²) in [5, 5.41) is 0. The topological polar surface area (TPSA) is 26.0 Å². The van der Waals surface area contributed by atoms with Gasteiger partial charge in [0.2, 0.25) is 0 Å². The van der Waals surface area contributed by atoms with E-state index >= 15 is 0 Å². The molecule has 1 atom stereocenters. The third-order valence-electron chi connectivity index (χ3n) is 2.44. The van der Waals surface area contributed by atoms with Gasteiger partial charge in [0.15, 0.2) is 0 Å². The van der Waals surface area contributed by atoms with Gasteiger partial charge in [0.05, 0.1) is 0 Å². The highest BCUT2D eigenvalue weighted by atomic mass is 19.1. The molecule has 0 aliphatic heterocycles. The van der Waals surface area contributed by atoms with E-state index in [1.807, 2.05) is 6.92 Å². The second-order valence-electron chi connectivity index (χ2n) is 3.37. The molecule has 1 rings (SSSR count). The summed E-state index contributed by atoms with van der Waals surface area (Å²) in [5.74, 6) is 0.576. The normalized spacial score (nSPS) is 37.5. The second-order valence-corrected chi connectivity index (χ2v) is 3.37. The SMILES string of the molecule is C[C@H](N)C1CCC(F)CC1. The van der Waals surface area contributed by atoms with Crippen molar-refractivity contribution in [1.82, 2.24) is 0 Å². The molecule has 1 aliphatic carbocycles. The lowest BCUT2D eigenvalue weighted by atomic mass is 9.84. The van der Waals surface area contributed by atoms with Crippen molar-refractivity contribution in [3.05, 3.63) is 0 Å². The molecule has 0 aromatic carbocycles. The van der Waals surface area contributed by atoms with Crippen LogP contribution in [0.3, 0.4) is 0 Å². The van der Waals surface area contributed by atoms with Crippen LogP contribution in [-0.4, -0.2) is 12.2 Å². The van der Waals surface area contributed by atoms with Gasteiger partial charge in [-0.15, -0.1) is 0 Å². The average Bonchev–Trinajstić information content (AvgIpc) is 1.88. The van der Waals surface area contributed by atoms with Gasteiger partial charge in [0.25, 0.3) is 0 Å². The summed E-state index contributed by atoms with van der Waals surface area (Å²) in [6.07, 6.45) is 2.88. The summed E-state index contributed by atoms with van der Waals surface area (Å²) in [6, 6.07) is 0.257. The van der Waals surface area contributed by atoms with Crippen molar-refractivity contribution in [3.8, 4) is 0 Å². The Morgan fingerprint density at radius 1 is 1.30 bits per heavy atom. The maximum absolute atomic E-state index is 12.6. The highest BCUT2D eigenvalue weighted by molar-refractivity contribution is 4.76. The molecular formula is C8H16FN. The first-order chi connectivity index (χ1) is 4.70. The molecule has 0 unspecified atom stereocenters. The summed E-state index contributed by atoms with van der Waals surface area (Å²) in [7, 11) is 0. The quantitative estimate of drug-likeness (QED) is 0.598.